The third-order valence-electron chi connectivity index (χ3n) is 7.07. The number of anilines is 3. The van der Waals surface area contributed by atoms with Crippen molar-refractivity contribution in [3.8, 4) is 22.6 Å². The van der Waals surface area contributed by atoms with Crippen LogP contribution in [0.4, 0.5) is 17.3 Å². The van der Waals surface area contributed by atoms with Gasteiger partial charge in [-0.3, -0.25) is 9.78 Å². The molecular formula is C32H33N7O2. The van der Waals surface area contributed by atoms with Crippen molar-refractivity contribution in [2.75, 3.05) is 24.7 Å². The van der Waals surface area contributed by atoms with Crippen LogP contribution >= 0.6 is 0 Å². The number of benzene rings is 2. The maximum absolute atomic E-state index is 13.0. The van der Waals surface area contributed by atoms with Crippen LogP contribution in [0.2, 0.25) is 0 Å². The van der Waals surface area contributed by atoms with Crippen molar-refractivity contribution in [1.29, 1.82) is 0 Å². The number of nitrogens with one attached hydrogen (secondary N) is 2. The smallest absolute Gasteiger partial charge is 0.255 e. The second kappa shape index (κ2) is 12.1. The number of carbonyl (C=O) groups is 1. The summed E-state index contributed by atoms with van der Waals surface area (Å²) < 4.78 is 5.38. The SMILES string of the molecule is Cc1ccc(NC(=O)c2ccc(CC(C)N(C)C)cc2)cc1Nc1nccc(-c2cncc(-c3oncc3C)c2)n1. The minimum absolute atomic E-state index is 0.167. The Bertz CT molecular complexity index is 1660. The summed E-state index contributed by atoms with van der Waals surface area (Å²) in [4.78, 5) is 28.6. The molecule has 2 N–H and O–H groups in total. The van der Waals surface area contributed by atoms with Gasteiger partial charge in [0, 0.05) is 58.3 Å². The molecule has 1 amide bonds. The van der Waals surface area contributed by atoms with Crippen molar-refractivity contribution in [3.05, 3.63) is 102 Å². The zero-order valence-electron chi connectivity index (χ0n) is 23.8. The van der Waals surface area contributed by atoms with Gasteiger partial charge in [-0.05, 0) is 88.8 Å². The number of hydrogen-bond acceptors (Lipinski definition) is 8. The van der Waals surface area contributed by atoms with Crippen LogP contribution in [0.3, 0.4) is 0 Å². The van der Waals surface area contributed by atoms with Crippen LogP contribution in [-0.4, -0.2) is 51.1 Å². The molecule has 0 radical (unpaired) electrons. The first kappa shape index (κ1) is 27.7. The first-order chi connectivity index (χ1) is 19.8. The Balaban J connectivity index is 1.30. The van der Waals surface area contributed by atoms with Crippen LogP contribution in [0.5, 0.6) is 0 Å². The van der Waals surface area contributed by atoms with Crippen LogP contribution in [0.25, 0.3) is 22.6 Å². The predicted octanol–water partition coefficient (Wildman–Crippen LogP) is 6.30. The van der Waals surface area contributed by atoms with Gasteiger partial charge in [-0.2, -0.15) is 0 Å². The Kier molecular flexibility index (Phi) is 8.16. The van der Waals surface area contributed by atoms with E-state index in [0.29, 0.717) is 34.7 Å². The van der Waals surface area contributed by atoms with Gasteiger partial charge in [0.25, 0.3) is 5.91 Å². The van der Waals surface area contributed by atoms with Crippen LogP contribution in [0.1, 0.15) is 34.0 Å². The summed E-state index contributed by atoms with van der Waals surface area (Å²) in [6.07, 6.45) is 7.78. The molecule has 9 heteroatoms. The van der Waals surface area contributed by atoms with Gasteiger partial charge in [0.15, 0.2) is 5.76 Å². The fourth-order valence-corrected chi connectivity index (χ4v) is 4.33. The molecule has 1 unspecified atom stereocenters. The molecule has 1 atom stereocenters. The molecule has 0 aliphatic rings. The standard InChI is InChI=1S/C32H33N7O2/c1-20-6-11-27(36-31(40)24-9-7-23(8-10-24)14-22(3)39(4)5)16-29(20)38-32-34-13-12-28(37-32)25-15-26(19-33-18-25)30-21(2)17-35-41-30/h6-13,15-19,22H,14H2,1-5H3,(H,36,40)(H,34,37,38). The van der Waals surface area contributed by atoms with Gasteiger partial charge in [-0.25, -0.2) is 9.97 Å². The largest absolute Gasteiger partial charge is 0.356 e. The summed E-state index contributed by atoms with van der Waals surface area (Å²) in [5.41, 5.74) is 7.53. The average molecular weight is 548 g/mol. The number of amides is 1. The molecular weight excluding hydrogens is 514 g/mol. The summed E-state index contributed by atoms with van der Waals surface area (Å²) in [5.74, 6) is 0.939. The summed E-state index contributed by atoms with van der Waals surface area (Å²) >= 11 is 0. The number of pyridine rings is 1. The van der Waals surface area contributed by atoms with Gasteiger partial charge in [0.1, 0.15) is 0 Å². The van der Waals surface area contributed by atoms with Gasteiger partial charge in [0.05, 0.1) is 11.9 Å². The van der Waals surface area contributed by atoms with E-state index in [9.17, 15) is 4.79 Å². The number of carbonyl (C=O) groups excluding carboxylic acids is 1. The Labute approximate surface area is 239 Å². The van der Waals surface area contributed by atoms with E-state index in [1.165, 1.54) is 5.56 Å². The van der Waals surface area contributed by atoms with Crippen molar-refractivity contribution in [2.24, 2.45) is 0 Å². The highest BCUT2D eigenvalue weighted by molar-refractivity contribution is 6.04. The molecule has 0 bridgehead atoms. The molecule has 0 fully saturated rings. The lowest BCUT2D eigenvalue weighted by molar-refractivity contribution is 0.102. The van der Waals surface area contributed by atoms with E-state index in [1.54, 1.807) is 24.8 Å². The van der Waals surface area contributed by atoms with Crippen molar-refractivity contribution in [2.45, 2.75) is 33.2 Å². The fourth-order valence-electron chi connectivity index (χ4n) is 4.33. The molecule has 41 heavy (non-hydrogen) atoms. The minimum atomic E-state index is -0.167. The lowest BCUT2D eigenvalue weighted by atomic mass is 10.0. The topological polar surface area (TPSA) is 109 Å². The average Bonchev–Trinajstić information content (AvgIpc) is 3.41. The molecule has 0 aliphatic carbocycles. The van der Waals surface area contributed by atoms with Crippen molar-refractivity contribution < 1.29 is 9.32 Å². The molecule has 0 saturated carbocycles. The van der Waals surface area contributed by atoms with E-state index in [1.807, 2.05) is 68.4 Å². The minimum Gasteiger partial charge on any atom is -0.356 e. The summed E-state index contributed by atoms with van der Waals surface area (Å²) in [6.45, 7) is 6.10. The lowest BCUT2D eigenvalue weighted by Gasteiger charge is -2.19. The second-order valence-electron chi connectivity index (χ2n) is 10.4. The van der Waals surface area contributed by atoms with Crippen LogP contribution in [-0.2, 0) is 6.42 Å². The molecule has 208 valence electrons. The van der Waals surface area contributed by atoms with Crippen molar-refractivity contribution >= 4 is 23.2 Å². The monoisotopic (exact) mass is 547 g/mol. The molecule has 3 heterocycles. The first-order valence-corrected chi connectivity index (χ1v) is 13.4. The maximum Gasteiger partial charge on any atom is 0.255 e. The number of aryl methyl sites for hydroxylation is 2. The van der Waals surface area contributed by atoms with Gasteiger partial charge in [0.2, 0.25) is 5.95 Å². The number of likely N-dealkylation sites (N-methyl/N-ethyl adjacent to an activating group) is 1. The maximum atomic E-state index is 13.0. The highest BCUT2D eigenvalue weighted by Crippen LogP contribution is 2.28. The van der Waals surface area contributed by atoms with E-state index in [4.69, 9.17) is 9.51 Å². The van der Waals surface area contributed by atoms with Crippen LogP contribution < -0.4 is 10.6 Å². The molecule has 3 aromatic heterocycles. The number of rotatable bonds is 9. The van der Waals surface area contributed by atoms with Gasteiger partial charge in [-0.15, -0.1) is 0 Å². The van der Waals surface area contributed by atoms with E-state index in [-0.39, 0.29) is 5.91 Å². The number of aromatic nitrogens is 4. The molecule has 2 aromatic carbocycles. The molecule has 0 aliphatic heterocycles. The quantitative estimate of drug-likeness (QED) is 0.221. The molecule has 5 rings (SSSR count). The molecule has 0 spiro atoms. The van der Waals surface area contributed by atoms with Gasteiger partial charge < -0.3 is 20.1 Å². The van der Waals surface area contributed by atoms with E-state index < -0.39 is 0 Å². The zero-order valence-corrected chi connectivity index (χ0v) is 23.8. The molecule has 0 saturated heterocycles. The third-order valence-corrected chi connectivity index (χ3v) is 7.07. The Hall–Kier alpha value is -4.89. The van der Waals surface area contributed by atoms with Gasteiger partial charge in [-0.1, -0.05) is 23.4 Å². The molecule has 9 nitrogen and oxygen atoms in total. The van der Waals surface area contributed by atoms with Crippen molar-refractivity contribution in [1.82, 2.24) is 25.0 Å². The Morgan fingerprint density at radius 3 is 2.46 bits per heavy atom. The van der Waals surface area contributed by atoms with Gasteiger partial charge >= 0.3 is 0 Å². The summed E-state index contributed by atoms with van der Waals surface area (Å²) in [5, 5.41) is 10.2. The van der Waals surface area contributed by atoms with E-state index in [2.05, 4.69) is 51.7 Å². The highest BCUT2D eigenvalue weighted by Gasteiger charge is 2.13. The fraction of sp³-hybridized carbons (Fsp3) is 0.219. The third kappa shape index (κ3) is 6.64. The molecule has 5 aromatic rings. The first-order valence-electron chi connectivity index (χ1n) is 13.4. The predicted molar refractivity (Wildman–Crippen MR) is 161 cm³/mol. The second-order valence-corrected chi connectivity index (χ2v) is 10.4. The normalized spacial score (nSPS) is 11.9. The van der Waals surface area contributed by atoms with Crippen molar-refractivity contribution in [3.63, 3.8) is 0 Å². The van der Waals surface area contributed by atoms with E-state index >= 15 is 0 Å². The Morgan fingerprint density at radius 2 is 1.73 bits per heavy atom. The summed E-state index contributed by atoms with van der Waals surface area (Å²) in [6, 6.07) is 17.7. The highest BCUT2D eigenvalue weighted by atomic mass is 16.5. The lowest BCUT2D eigenvalue weighted by Crippen LogP contribution is -2.26. The zero-order chi connectivity index (χ0) is 28.9. The number of nitrogens with zero attached hydrogens (tertiary/aromatic N) is 5. The Morgan fingerprint density at radius 1 is 0.951 bits per heavy atom. The van der Waals surface area contributed by atoms with Crippen LogP contribution in [0, 0.1) is 13.8 Å². The summed E-state index contributed by atoms with van der Waals surface area (Å²) in [7, 11) is 4.13. The van der Waals surface area contributed by atoms with Crippen LogP contribution in [0.15, 0.2) is 83.9 Å². The van der Waals surface area contributed by atoms with E-state index in [0.717, 1.165) is 34.4 Å². The number of hydrogen-bond donors (Lipinski definition) is 2.